The third-order valence-electron chi connectivity index (χ3n) is 5.77. The summed E-state index contributed by atoms with van der Waals surface area (Å²) in [7, 11) is 0. The van der Waals surface area contributed by atoms with Crippen molar-refractivity contribution in [2.24, 2.45) is 0 Å². The van der Waals surface area contributed by atoms with Crippen LogP contribution in [0.2, 0.25) is 0 Å². The van der Waals surface area contributed by atoms with E-state index < -0.39 is 6.04 Å². The summed E-state index contributed by atoms with van der Waals surface area (Å²) in [5, 5.41) is 7.37. The molecule has 0 saturated carbocycles. The van der Waals surface area contributed by atoms with E-state index in [1.165, 1.54) is 0 Å². The highest BCUT2D eigenvalue weighted by molar-refractivity contribution is 6.01. The van der Waals surface area contributed by atoms with E-state index in [2.05, 4.69) is 16.5 Å². The zero-order valence-corrected chi connectivity index (χ0v) is 18.7. The molecule has 0 bridgehead atoms. The number of aryl methyl sites for hydroxylation is 2. The molecule has 1 unspecified atom stereocenters. The van der Waals surface area contributed by atoms with Gasteiger partial charge in [0.25, 0.3) is 5.89 Å². The van der Waals surface area contributed by atoms with Crippen LogP contribution in [0.3, 0.4) is 0 Å². The third-order valence-corrected chi connectivity index (χ3v) is 5.77. The first-order valence-corrected chi connectivity index (χ1v) is 10.9. The van der Waals surface area contributed by atoms with E-state index in [1.54, 1.807) is 4.90 Å². The number of amides is 2. The minimum absolute atomic E-state index is 0.196. The fourth-order valence-electron chi connectivity index (χ4n) is 4.34. The molecule has 2 heterocycles. The van der Waals surface area contributed by atoms with Crippen LogP contribution in [-0.2, 0) is 0 Å². The van der Waals surface area contributed by atoms with Crippen molar-refractivity contribution in [1.29, 1.82) is 0 Å². The molecule has 164 valence electrons. The summed E-state index contributed by atoms with van der Waals surface area (Å²) in [4.78, 5) is 19.7. The Morgan fingerprint density at radius 1 is 0.879 bits per heavy atom. The van der Waals surface area contributed by atoms with E-state index in [-0.39, 0.29) is 6.03 Å². The van der Waals surface area contributed by atoms with E-state index in [4.69, 9.17) is 9.51 Å². The maximum absolute atomic E-state index is 13.3. The van der Waals surface area contributed by atoms with Gasteiger partial charge in [0.05, 0.1) is 17.3 Å². The number of carbonyl (C=O) groups is 1. The smallest absolute Gasteiger partial charge is 0.326 e. The maximum Gasteiger partial charge on any atom is 0.326 e. The fourth-order valence-corrected chi connectivity index (χ4v) is 4.34. The Labute approximate surface area is 192 Å². The molecule has 1 aromatic heterocycles. The van der Waals surface area contributed by atoms with Gasteiger partial charge in [0, 0.05) is 11.3 Å². The van der Waals surface area contributed by atoms with E-state index in [0.717, 1.165) is 39.2 Å². The van der Waals surface area contributed by atoms with Gasteiger partial charge in [-0.2, -0.15) is 4.98 Å². The lowest BCUT2D eigenvalue weighted by Gasteiger charge is -2.35. The van der Waals surface area contributed by atoms with Crippen molar-refractivity contribution in [3.05, 3.63) is 107 Å². The van der Waals surface area contributed by atoms with Crippen molar-refractivity contribution < 1.29 is 9.32 Å². The highest BCUT2D eigenvalue weighted by Gasteiger charge is 2.36. The second-order valence-corrected chi connectivity index (χ2v) is 8.26. The number of rotatable bonds is 4. The van der Waals surface area contributed by atoms with Crippen LogP contribution in [0.15, 0.2) is 89.1 Å². The Morgan fingerprint density at radius 2 is 1.52 bits per heavy atom. The van der Waals surface area contributed by atoms with Crippen LogP contribution in [0.5, 0.6) is 0 Å². The number of carbonyl (C=O) groups excluding carboxylic acids is 1. The lowest BCUT2D eigenvalue weighted by atomic mass is 9.94. The second-order valence-electron chi connectivity index (χ2n) is 8.26. The number of aromatic nitrogens is 2. The Hall–Kier alpha value is -4.19. The van der Waals surface area contributed by atoms with Crippen molar-refractivity contribution in [2.75, 3.05) is 4.90 Å². The lowest BCUT2D eigenvalue weighted by Crippen LogP contribution is -2.46. The van der Waals surface area contributed by atoms with Crippen LogP contribution in [0.4, 0.5) is 10.5 Å². The van der Waals surface area contributed by atoms with Crippen LogP contribution < -0.4 is 10.2 Å². The molecule has 0 radical (unpaired) electrons. The number of hydrogen-bond donors (Lipinski definition) is 1. The van der Waals surface area contributed by atoms with Crippen molar-refractivity contribution in [3.8, 4) is 11.4 Å². The Morgan fingerprint density at radius 3 is 2.18 bits per heavy atom. The van der Waals surface area contributed by atoms with E-state index in [0.29, 0.717) is 11.7 Å². The van der Waals surface area contributed by atoms with Gasteiger partial charge in [-0.1, -0.05) is 71.9 Å². The number of urea groups is 1. The molecular formula is C27H24N4O2. The number of allylic oxidation sites excluding steroid dienone is 1. The standard InChI is InChI=1S/C27H24N4O2/c1-17-14-18(2)16-22(15-17)31-19(3)23(24(28-27(31)32)20-10-6-4-7-11-20)26-29-25(30-33-26)21-12-8-5-9-13-21/h4-16,24H,1-3H3,(H,28,32). The number of hydrogen-bond acceptors (Lipinski definition) is 4. The molecule has 6 nitrogen and oxygen atoms in total. The van der Waals surface area contributed by atoms with Crippen LogP contribution in [0, 0.1) is 13.8 Å². The van der Waals surface area contributed by atoms with Gasteiger partial charge in [-0.15, -0.1) is 0 Å². The number of nitrogens with one attached hydrogen (secondary N) is 1. The molecule has 6 heteroatoms. The Balaban J connectivity index is 1.67. The topological polar surface area (TPSA) is 71.3 Å². The number of benzene rings is 3. The monoisotopic (exact) mass is 436 g/mol. The summed E-state index contributed by atoms with van der Waals surface area (Å²) in [6.07, 6.45) is 0. The Bertz CT molecular complexity index is 1320. The molecule has 4 aromatic rings. The van der Waals surface area contributed by atoms with Crippen LogP contribution in [0.1, 0.15) is 35.5 Å². The van der Waals surface area contributed by atoms with Gasteiger partial charge in [-0.3, -0.25) is 4.90 Å². The molecule has 1 N–H and O–H groups in total. The highest BCUT2D eigenvalue weighted by atomic mass is 16.5. The zero-order valence-electron chi connectivity index (χ0n) is 18.7. The quantitative estimate of drug-likeness (QED) is 0.422. The second kappa shape index (κ2) is 8.39. The average molecular weight is 437 g/mol. The predicted molar refractivity (Wildman–Crippen MR) is 128 cm³/mol. The minimum atomic E-state index is -0.412. The average Bonchev–Trinajstić information content (AvgIpc) is 3.29. The van der Waals surface area contributed by atoms with E-state index in [1.807, 2.05) is 93.6 Å². The maximum atomic E-state index is 13.3. The van der Waals surface area contributed by atoms with Crippen molar-refractivity contribution in [2.45, 2.75) is 26.8 Å². The molecule has 1 aliphatic heterocycles. The number of anilines is 1. The van der Waals surface area contributed by atoms with Crippen molar-refractivity contribution in [1.82, 2.24) is 15.5 Å². The van der Waals surface area contributed by atoms with Gasteiger partial charge in [0.15, 0.2) is 0 Å². The first-order chi connectivity index (χ1) is 16.0. The first kappa shape index (κ1) is 20.7. The fraction of sp³-hybridized carbons (Fsp3) is 0.148. The lowest BCUT2D eigenvalue weighted by molar-refractivity contribution is 0.244. The highest BCUT2D eigenvalue weighted by Crippen LogP contribution is 2.39. The molecule has 5 rings (SSSR count). The van der Waals surface area contributed by atoms with Gasteiger partial charge < -0.3 is 9.84 Å². The molecule has 0 spiro atoms. The van der Waals surface area contributed by atoms with Crippen LogP contribution >= 0.6 is 0 Å². The molecule has 0 aliphatic carbocycles. The summed E-state index contributed by atoms with van der Waals surface area (Å²) in [6.45, 7) is 5.97. The molecular weight excluding hydrogens is 412 g/mol. The summed E-state index contributed by atoms with van der Waals surface area (Å²) >= 11 is 0. The van der Waals surface area contributed by atoms with Gasteiger partial charge in [-0.25, -0.2) is 4.79 Å². The van der Waals surface area contributed by atoms with Gasteiger partial charge >= 0.3 is 6.03 Å². The van der Waals surface area contributed by atoms with Crippen molar-refractivity contribution in [3.63, 3.8) is 0 Å². The molecule has 33 heavy (non-hydrogen) atoms. The van der Waals surface area contributed by atoms with Gasteiger partial charge in [0.1, 0.15) is 0 Å². The van der Waals surface area contributed by atoms with Crippen molar-refractivity contribution >= 4 is 17.3 Å². The molecule has 0 saturated heterocycles. The summed E-state index contributed by atoms with van der Waals surface area (Å²) in [5.41, 5.74) is 6.31. The van der Waals surface area contributed by atoms with Gasteiger partial charge in [-0.05, 0) is 49.6 Å². The Kier molecular flexibility index (Phi) is 5.26. The van der Waals surface area contributed by atoms with Crippen LogP contribution in [0.25, 0.3) is 17.0 Å². The third kappa shape index (κ3) is 3.91. The normalized spacial score (nSPS) is 16.2. The first-order valence-electron chi connectivity index (χ1n) is 10.9. The SMILES string of the molecule is CC1=C(c2nc(-c3ccccc3)no2)C(c2ccccc2)NC(=O)N1c1cc(C)cc(C)c1. The van der Waals surface area contributed by atoms with Crippen LogP contribution in [-0.4, -0.2) is 16.2 Å². The molecule has 1 atom stereocenters. The summed E-state index contributed by atoms with van der Waals surface area (Å²) in [5.74, 6) is 0.891. The van der Waals surface area contributed by atoms with E-state index in [9.17, 15) is 4.79 Å². The minimum Gasteiger partial charge on any atom is -0.334 e. The molecule has 1 aliphatic rings. The molecule has 2 amide bonds. The molecule has 0 fully saturated rings. The largest absolute Gasteiger partial charge is 0.334 e. The summed E-state index contributed by atoms with van der Waals surface area (Å²) in [6, 6.07) is 25.0. The zero-order chi connectivity index (χ0) is 22.9. The van der Waals surface area contributed by atoms with E-state index >= 15 is 0 Å². The predicted octanol–water partition coefficient (Wildman–Crippen LogP) is 6.06. The number of nitrogens with zero attached hydrogens (tertiary/aromatic N) is 3. The molecule has 3 aromatic carbocycles. The van der Waals surface area contributed by atoms with Gasteiger partial charge in [0.2, 0.25) is 5.82 Å². The summed E-state index contributed by atoms with van der Waals surface area (Å²) < 4.78 is 5.75.